The van der Waals surface area contributed by atoms with Gasteiger partial charge in [0.1, 0.15) is 10.6 Å². The van der Waals surface area contributed by atoms with E-state index < -0.39 is 0 Å². The van der Waals surface area contributed by atoms with Crippen LogP contribution in [0.4, 0.5) is 0 Å². The van der Waals surface area contributed by atoms with E-state index in [0.717, 1.165) is 11.1 Å². The second kappa shape index (κ2) is 6.81. The minimum absolute atomic E-state index is 0.131. The van der Waals surface area contributed by atoms with E-state index >= 15 is 0 Å². The molecule has 0 unspecified atom stereocenters. The molecule has 0 aliphatic carbocycles. The lowest BCUT2D eigenvalue weighted by molar-refractivity contribution is 0.0990. The molecular formula is C20H16O3S. The summed E-state index contributed by atoms with van der Waals surface area (Å²) in [5.74, 6) is 0.211. The van der Waals surface area contributed by atoms with E-state index in [1.165, 1.54) is 25.4 Å². The van der Waals surface area contributed by atoms with E-state index in [2.05, 4.69) is 0 Å². The van der Waals surface area contributed by atoms with E-state index in [1.807, 2.05) is 36.4 Å². The molecule has 1 aromatic heterocycles. The third-order valence-electron chi connectivity index (χ3n) is 3.81. The predicted octanol–water partition coefficient (Wildman–Crippen LogP) is 4.86. The van der Waals surface area contributed by atoms with Gasteiger partial charge in [-0.25, -0.2) is 0 Å². The molecular weight excluding hydrogens is 320 g/mol. The lowest BCUT2D eigenvalue weighted by Gasteiger charge is -2.10. The highest BCUT2D eigenvalue weighted by Crippen LogP contribution is 2.30. The fourth-order valence-electron chi connectivity index (χ4n) is 2.60. The van der Waals surface area contributed by atoms with Crippen LogP contribution in [0.1, 0.15) is 32.5 Å². The molecule has 0 N–H and O–H groups in total. The van der Waals surface area contributed by atoms with Gasteiger partial charge < -0.3 is 4.74 Å². The highest BCUT2D eigenvalue weighted by Gasteiger charge is 2.21. The maximum atomic E-state index is 13.0. The van der Waals surface area contributed by atoms with Gasteiger partial charge in [-0.2, -0.15) is 0 Å². The van der Waals surface area contributed by atoms with Crippen LogP contribution < -0.4 is 4.74 Å². The van der Waals surface area contributed by atoms with Gasteiger partial charge >= 0.3 is 0 Å². The minimum Gasteiger partial charge on any atom is -0.495 e. The zero-order valence-electron chi connectivity index (χ0n) is 13.4. The van der Waals surface area contributed by atoms with Crippen molar-refractivity contribution >= 4 is 22.9 Å². The third-order valence-corrected chi connectivity index (χ3v) is 4.70. The van der Waals surface area contributed by atoms with E-state index in [4.69, 9.17) is 4.74 Å². The van der Waals surface area contributed by atoms with Crippen LogP contribution in [0.2, 0.25) is 0 Å². The average molecular weight is 336 g/mol. The fourth-order valence-corrected chi connectivity index (χ4v) is 3.41. The van der Waals surface area contributed by atoms with Gasteiger partial charge in [0.05, 0.1) is 7.11 Å². The Bertz CT molecular complexity index is 894. The first-order valence-corrected chi connectivity index (χ1v) is 8.36. The molecule has 1 heterocycles. The summed E-state index contributed by atoms with van der Waals surface area (Å²) in [4.78, 5) is 25.4. The van der Waals surface area contributed by atoms with Gasteiger partial charge in [0.2, 0.25) is 5.78 Å². The molecule has 3 rings (SSSR count). The number of carbonyl (C=O) groups excluding carboxylic acids is 2. The predicted molar refractivity (Wildman–Crippen MR) is 96.2 cm³/mol. The van der Waals surface area contributed by atoms with Gasteiger partial charge in [-0.15, -0.1) is 11.3 Å². The number of hydrogen-bond donors (Lipinski definition) is 0. The van der Waals surface area contributed by atoms with Crippen molar-refractivity contribution in [3.05, 3.63) is 76.0 Å². The Morgan fingerprint density at radius 2 is 1.67 bits per heavy atom. The van der Waals surface area contributed by atoms with Crippen LogP contribution in [0.25, 0.3) is 11.1 Å². The lowest BCUT2D eigenvalue weighted by Crippen LogP contribution is -2.08. The third kappa shape index (κ3) is 3.01. The lowest BCUT2D eigenvalue weighted by atomic mass is 9.94. The van der Waals surface area contributed by atoms with Crippen LogP contribution in [-0.2, 0) is 0 Å². The Morgan fingerprint density at radius 3 is 2.33 bits per heavy atom. The quantitative estimate of drug-likeness (QED) is 0.625. The topological polar surface area (TPSA) is 43.4 Å². The van der Waals surface area contributed by atoms with Crippen LogP contribution in [0.5, 0.6) is 5.75 Å². The second-order valence-corrected chi connectivity index (χ2v) is 6.25. The zero-order chi connectivity index (χ0) is 17.1. The summed E-state index contributed by atoms with van der Waals surface area (Å²) in [7, 11) is 1.53. The molecule has 3 aromatic rings. The second-order valence-electron chi connectivity index (χ2n) is 5.33. The van der Waals surface area contributed by atoms with Gasteiger partial charge in [0.25, 0.3) is 0 Å². The van der Waals surface area contributed by atoms with Crippen LogP contribution in [0.15, 0.2) is 60.0 Å². The van der Waals surface area contributed by atoms with Crippen LogP contribution in [-0.4, -0.2) is 18.7 Å². The molecule has 0 saturated heterocycles. The number of ether oxygens (including phenoxy) is 1. The SMILES string of the molecule is COc1ccsc1C(=O)c1cc(-c2ccccc2)ccc1C(C)=O. The van der Waals surface area contributed by atoms with Gasteiger partial charge in [0, 0.05) is 11.1 Å². The van der Waals surface area contributed by atoms with Crippen LogP contribution >= 0.6 is 11.3 Å². The summed E-state index contributed by atoms with van der Waals surface area (Å²) in [5, 5.41) is 1.81. The average Bonchev–Trinajstić information content (AvgIpc) is 3.10. The monoisotopic (exact) mass is 336 g/mol. The standard InChI is InChI=1S/C20H16O3S/c1-13(21)16-9-8-15(14-6-4-3-5-7-14)12-17(16)19(22)20-18(23-2)10-11-24-20/h3-12H,1-2H3. The number of carbonyl (C=O) groups is 2. The van der Waals surface area contributed by atoms with Gasteiger partial charge in [0.15, 0.2) is 5.78 Å². The maximum absolute atomic E-state index is 13.0. The number of rotatable bonds is 5. The Kier molecular flexibility index (Phi) is 4.58. The number of benzene rings is 2. The largest absolute Gasteiger partial charge is 0.495 e. The molecule has 0 radical (unpaired) electrons. The van der Waals surface area contributed by atoms with Crippen LogP contribution in [0.3, 0.4) is 0 Å². The minimum atomic E-state index is -0.190. The number of Topliss-reactive ketones (excluding diaryl/α,β-unsaturated/α-hetero) is 1. The van der Waals surface area contributed by atoms with Crippen molar-refractivity contribution in [2.75, 3.05) is 7.11 Å². The molecule has 4 heteroatoms. The summed E-state index contributed by atoms with van der Waals surface area (Å²) in [6, 6.07) is 16.9. The smallest absolute Gasteiger partial charge is 0.207 e. The molecule has 2 aromatic carbocycles. The molecule has 3 nitrogen and oxygen atoms in total. The van der Waals surface area contributed by atoms with Crippen molar-refractivity contribution in [2.24, 2.45) is 0 Å². The zero-order valence-corrected chi connectivity index (χ0v) is 14.2. The molecule has 0 aliphatic heterocycles. The van der Waals surface area contributed by atoms with Crippen molar-refractivity contribution in [3.63, 3.8) is 0 Å². The summed E-state index contributed by atoms with van der Waals surface area (Å²) in [5.41, 5.74) is 2.74. The first-order valence-electron chi connectivity index (χ1n) is 7.48. The summed E-state index contributed by atoms with van der Waals surface area (Å²) in [6.45, 7) is 1.47. The van der Waals surface area contributed by atoms with E-state index in [9.17, 15) is 9.59 Å². The Hall–Kier alpha value is -2.72. The fraction of sp³-hybridized carbons (Fsp3) is 0.100. The van der Waals surface area contributed by atoms with Gasteiger partial charge in [-0.1, -0.05) is 42.5 Å². The highest BCUT2D eigenvalue weighted by molar-refractivity contribution is 7.12. The first-order chi connectivity index (χ1) is 11.6. The molecule has 0 bridgehead atoms. The highest BCUT2D eigenvalue weighted by atomic mass is 32.1. The molecule has 0 amide bonds. The number of ketones is 2. The summed E-state index contributed by atoms with van der Waals surface area (Å²) < 4.78 is 5.25. The summed E-state index contributed by atoms with van der Waals surface area (Å²) in [6.07, 6.45) is 0. The molecule has 0 fully saturated rings. The normalized spacial score (nSPS) is 10.4. The Morgan fingerprint density at radius 1 is 0.917 bits per heavy atom. The number of hydrogen-bond acceptors (Lipinski definition) is 4. The van der Waals surface area contributed by atoms with E-state index in [1.54, 1.807) is 23.6 Å². The molecule has 0 spiro atoms. The number of methoxy groups -OCH3 is 1. The Balaban J connectivity index is 2.14. The molecule has 0 aliphatic rings. The van der Waals surface area contributed by atoms with Crippen molar-refractivity contribution in [1.29, 1.82) is 0 Å². The van der Waals surface area contributed by atoms with Gasteiger partial charge in [-0.3, -0.25) is 9.59 Å². The van der Waals surface area contributed by atoms with Crippen molar-refractivity contribution < 1.29 is 14.3 Å². The molecule has 120 valence electrons. The molecule has 24 heavy (non-hydrogen) atoms. The van der Waals surface area contributed by atoms with E-state index in [-0.39, 0.29) is 11.6 Å². The number of thiophene rings is 1. The van der Waals surface area contributed by atoms with Gasteiger partial charge in [-0.05, 0) is 35.6 Å². The van der Waals surface area contributed by atoms with Crippen molar-refractivity contribution in [3.8, 4) is 16.9 Å². The van der Waals surface area contributed by atoms with Crippen molar-refractivity contribution in [1.82, 2.24) is 0 Å². The summed E-state index contributed by atoms with van der Waals surface area (Å²) >= 11 is 1.31. The first kappa shape index (κ1) is 16.1. The molecule has 0 atom stereocenters. The van der Waals surface area contributed by atoms with E-state index in [0.29, 0.717) is 21.8 Å². The van der Waals surface area contributed by atoms with Crippen LogP contribution in [0, 0.1) is 0 Å². The Labute approximate surface area is 144 Å². The maximum Gasteiger partial charge on any atom is 0.207 e. The van der Waals surface area contributed by atoms with Crippen molar-refractivity contribution in [2.45, 2.75) is 6.92 Å². The molecule has 0 saturated carbocycles.